The Morgan fingerprint density at radius 3 is 2.50 bits per heavy atom. The van der Waals surface area contributed by atoms with Gasteiger partial charge in [-0.25, -0.2) is 0 Å². The Balaban J connectivity index is 2.90. The van der Waals surface area contributed by atoms with Crippen LogP contribution in [0.2, 0.25) is 0 Å². The van der Waals surface area contributed by atoms with Gasteiger partial charge in [0.2, 0.25) is 0 Å². The van der Waals surface area contributed by atoms with Crippen LogP contribution in [0.25, 0.3) is 0 Å². The minimum absolute atomic E-state index is 0.439. The number of aliphatic hydroxyl groups is 1. The van der Waals surface area contributed by atoms with E-state index in [0.717, 1.165) is 5.56 Å². The molecule has 3 nitrogen and oxygen atoms in total. The van der Waals surface area contributed by atoms with Gasteiger partial charge in [0.05, 0.1) is 6.10 Å². The first kappa shape index (κ1) is 11.1. The molecule has 0 radical (unpaired) electrons. The number of rotatable bonds is 3. The van der Waals surface area contributed by atoms with Crippen LogP contribution in [-0.4, -0.2) is 19.3 Å². The number of hydrogen-bond donors (Lipinski definition) is 1. The Labute approximate surface area is 82.4 Å². The van der Waals surface area contributed by atoms with Crippen LogP contribution in [0.3, 0.4) is 0 Å². The molecule has 1 N–H and O–H groups in total. The minimum Gasteiger partial charge on any atom is -0.387 e. The molecule has 0 saturated carbocycles. The highest BCUT2D eigenvalue weighted by molar-refractivity contribution is 7.86. The van der Waals surface area contributed by atoms with Gasteiger partial charge < -0.3 is 5.11 Å². The summed E-state index contributed by atoms with van der Waals surface area (Å²) in [5.41, 5.74) is 1.18. The van der Waals surface area contributed by atoms with E-state index in [0.29, 0.717) is 5.56 Å². The molecule has 0 fully saturated rings. The lowest BCUT2D eigenvalue weighted by Gasteiger charge is -2.10. The van der Waals surface area contributed by atoms with E-state index in [1.54, 1.807) is 31.2 Å². The molecule has 1 rings (SSSR count). The maximum Gasteiger partial charge on any atom is 0.305 e. The minimum atomic E-state index is -4.64. The molecular weight excluding hydrogens is 207 g/mol. The monoisotopic (exact) mass is 218 g/mol. The van der Waals surface area contributed by atoms with Crippen LogP contribution in [0.5, 0.6) is 0 Å². The highest BCUT2D eigenvalue weighted by Gasteiger charge is 2.18. The van der Waals surface area contributed by atoms with E-state index in [-0.39, 0.29) is 0 Å². The first-order valence-corrected chi connectivity index (χ1v) is 5.61. The van der Waals surface area contributed by atoms with Crippen LogP contribution in [0.1, 0.15) is 17.2 Å². The lowest BCUT2D eigenvalue weighted by atomic mass is 10.1. The first-order valence-electron chi connectivity index (χ1n) is 4.06. The van der Waals surface area contributed by atoms with Crippen molar-refractivity contribution in [1.29, 1.82) is 0 Å². The van der Waals surface area contributed by atoms with Crippen LogP contribution in [0, 0.1) is 6.92 Å². The Kier molecular flexibility index (Phi) is 3.23. The second kappa shape index (κ2) is 4.06. The van der Waals surface area contributed by atoms with Crippen molar-refractivity contribution in [3.63, 3.8) is 0 Å². The van der Waals surface area contributed by atoms with Gasteiger partial charge in [0.15, 0.2) is 0 Å². The van der Waals surface area contributed by atoms with Crippen molar-refractivity contribution in [2.24, 2.45) is 0 Å². The molecule has 0 amide bonds. The van der Waals surface area contributed by atoms with Crippen LogP contribution in [0.4, 0.5) is 3.89 Å². The molecule has 1 aromatic rings. The van der Waals surface area contributed by atoms with Gasteiger partial charge in [0, 0.05) is 0 Å². The molecule has 0 aliphatic rings. The van der Waals surface area contributed by atoms with E-state index in [1.807, 2.05) is 0 Å². The average molecular weight is 218 g/mol. The molecule has 1 atom stereocenters. The summed E-state index contributed by atoms with van der Waals surface area (Å²) >= 11 is 0. The number of aliphatic hydroxyl groups excluding tert-OH is 1. The van der Waals surface area contributed by atoms with Gasteiger partial charge in [-0.05, 0) is 18.1 Å². The largest absolute Gasteiger partial charge is 0.387 e. The number of halogens is 1. The molecule has 5 heteroatoms. The third kappa shape index (κ3) is 3.08. The highest BCUT2D eigenvalue weighted by Crippen LogP contribution is 2.19. The van der Waals surface area contributed by atoms with E-state index >= 15 is 0 Å². The fourth-order valence-corrected chi connectivity index (χ4v) is 1.80. The molecule has 0 aliphatic carbocycles. The molecule has 1 unspecified atom stereocenters. The summed E-state index contributed by atoms with van der Waals surface area (Å²) in [6.45, 7) is 1.73. The van der Waals surface area contributed by atoms with Gasteiger partial charge in [-0.2, -0.15) is 8.42 Å². The number of hydrogen-bond acceptors (Lipinski definition) is 3. The predicted octanol–water partition coefficient (Wildman–Crippen LogP) is 1.33. The molecule has 0 heterocycles. The zero-order chi connectivity index (χ0) is 10.8. The van der Waals surface area contributed by atoms with Crippen molar-refractivity contribution < 1.29 is 17.4 Å². The molecular formula is C9H11FO3S. The lowest BCUT2D eigenvalue weighted by molar-refractivity contribution is 0.199. The standard InChI is InChI=1S/C9H11FO3S/c1-7-4-2-3-5-8(7)9(11)6-14(10,12)13/h2-5,9,11H,6H2,1H3. The van der Waals surface area contributed by atoms with Gasteiger partial charge in [0.1, 0.15) is 5.75 Å². The van der Waals surface area contributed by atoms with E-state index in [2.05, 4.69) is 0 Å². The Bertz CT molecular complexity index is 414. The van der Waals surface area contributed by atoms with Crippen molar-refractivity contribution in [2.75, 3.05) is 5.75 Å². The zero-order valence-corrected chi connectivity index (χ0v) is 8.46. The summed E-state index contributed by atoms with van der Waals surface area (Å²) in [7, 11) is -4.64. The summed E-state index contributed by atoms with van der Waals surface area (Å²) in [5, 5.41) is 9.42. The fraction of sp³-hybridized carbons (Fsp3) is 0.333. The second-order valence-electron chi connectivity index (χ2n) is 3.08. The van der Waals surface area contributed by atoms with E-state index in [1.165, 1.54) is 0 Å². The van der Waals surface area contributed by atoms with Gasteiger partial charge in [0.25, 0.3) is 0 Å². The predicted molar refractivity (Wildman–Crippen MR) is 51.0 cm³/mol. The van der Waals surface area contributed by atoms with Crippen LogP contribution < -0.4 is 0 Å². The van der Waals surface area contributed by atoms with Gasteiger partial charge in [-0.1, -0.05) is 24.3 Å². The topological polar surface area (TPSA) is 54.4 Å². The molecule has 0 spiro atoms. The maximum absolute atomic E-state index is 12.3. The summed E-state index contributed by atoms with van der Waals surface area (Å²) < 4.78 is 32.9. The summed E-state index contributed by atoms with van der Waals surface area (Å²) in [5.74, 6) is -0.891. The van der Waals surface area contributed by atoms with Crippen molar-refractivity contribution in [2.45, 2.75) is 13.0 Å². The lowest BCUT2D eigenvalue weighted by Crippen LogP contribution is -2.11. The van der Waals surface area contributed by atoms with E-state index < -0.39 is 22.1 Å². The van der Waals surface area contributed by atoms with Crippen molar-refractivity contribution in [1.82, 2.24) is 0 Å². The van der Waals surface area contributed by atoms with Crippen molar-refractivity contribution >= 4 is 10.2 Å². The Morgan fingerprint density at radius 2 is 2.00 bits per heavy atom. The Morgan fingerprint density at radius 1 is 1.43 bits per heavy atom. The van der Waals surface area contributed by atoms with Gasteiger partial charge in [-0.3, -0.25) is 0 Å². The first-order chi connectivity index (χ1) is 6.40. The van der Waals surface area contributed by atoms with Crippen molar-refractivity contribution in [3.8, 4) is 0 Å². The summed E-state index contributed by atoms with van der Waals surface area (Å²) in [6.07, 6.45) is -1.30. The molecule has 0 bridgehead atoms. The molecule has 0 aromatic heterocycles. The third-order valence-electron chi connectivity index (χ3n) is 1.90. The van der Waals surface area contributed by atoms with E-state index in [4.69, 9.17) is 0 Å². The van der Waals surface area contributed by atoms with Crippen molar-refractivity contribution in [3.05, 3.63) is 35.4 Å². The molecule has 1 aromatic carbocycles. The van der Waals surface area contributed by atoms with Gasteiger partial charge >= 0.3 is 10.2 Å². The fourth-order valence-electron chi connectivity index (χ4n) is 1.24. The van der Waals surface area contributed by atoms with E-state index in [9.17, 15) is 17.4 Å². The molecule has 78 valence electrons. The Hall–Kier alpha value is -0.940. The average Bonchev–Trinajstić information content (AvgIpc) is 2.01. The second-order valence-corrected chi connectivity index (χ2v) is 4.49. The quantitative estimate of drug-likeness (QED) is 0.779. The summed E-state index contributed by atoms with van der Waals surface area (Å²) in [4.78, 5) is 0. The maximum atomic E-state index is 12.3. The number of benzene rings is 1. The molecule has 14 heavy (non-hydrogen) atoms. The highest BCUT2D eigenvalue weighted by atomic mass is 32.3. The normalized spacial score (nSPS) is 13.9. The van der Waals surface area contributed by atoms with Gasteiger partial charge in [-0.15, -0.1) is 3.89 Å². The molecule has 0 saturated heterocycles. The van der Waals surface area contributed by atoms with Crippen LogP contribution in [0.15, 0.2) is 24.3 Å². The summed E-state index contributed by atoms with van der Waals surface area (Å²) in [6, 6.07) is 6.72. The van der Waals surface area contributed by atoms with Crippen LogP contribution in [-0.2, 0) is 10.2 Å². The SMILES string of the molecule is Cc1ccccc1C(O)CS(=O)(=O)F. The van der Waals surface area contributed by atoms with Crippen LogP contribution >= 0.6 is 0 Å². The smallest absolute Gasteiger partial charge is 0.305 e. The third-order valence-corrected chi connectivity index (χ3v) is 2.62. The zero-order valence-electron chi connectivity index (χ0n) is 7.64. The molecule has 0 aliphatic heterocycles. The number of aryl methyl sites for hydroxylation is 1.